The zero-order valence-corrected chi connectivity index (χ0v) is 5.46. The summed E-state index contributed by atoms with van der Waals surface area (Å²) in [6.07, 6.45) is 6.71. The average molecular weight is 125 g/mol. The molecular weight excluding hydrogens is 114 g/mol. The first kappa shape index (κ1) is 7.98. The lowest BCUT2D eigenvalue weighted by molar-refractivity contribution is 0.214. The molecule has 2 nitrogen and oxygen atoms in total. The molecule has 0 heterocycles. The Morgan fingerprint density at radius 1 is 1.67 bits per heavy atom. The van der Waals surface area contributed by atoms with Crippen molar-refractivity contribution in [2.45, 2.75) is 6.92 Å². The van der Waals surface area contributed by atoms with Crippen molar-refractivity contribution in [2.75, 3.05) is 0 Å². The van der Waals surface area contributed by atoms with Crippen molar-refractivity contribution >= 4 is 0 Å². The highest BCUT2D eigenvalue weighted by atomic mass is 16.5. The molecule has 0 bridgehead atoms. The van der Waals surface area contributed by atoms with Gasteiger partial charge in [-0.05, 0) is 18.6 Å². The average Bonchev–Trinajstić information content (AvgIpc) is 1.85. The molecule has 0 rings (SSSR count). The van der Waals surface area contributed by atoms with E-state index in [2.05, 4.69) is 6.58 Å². The van der Waals surface area contributed by atoms with E-state index >= 15 is 0 Å². The molecule has 0 unspecified atom stereocenters. The van der Waals surface area contributed by atoms with Gasteiger partial charge in [0.05, 0.1) is 0 Å². The molecule has 9 heavy (non-hydrogen) atoms. The van der Waals surface area contributed by atoms with Crippen LogP contribution in [0, 0.1) is 0 Å². The van der Waals surface area contributed by atoms with E-state index in [1.54, 1.807) is 12.2 Å². The molecule has 2 heteroatoms. The molecule has 0 aromatic rings. The first-order valence-corrected chi connectivity index (χ1v) is 2.66. The van der Waals surface area contributed by atoms with Gasteiger partial charge in [-0.3, -0.25) is 10.7 Å². The van der Waals surface area contributed by atoms with Crippen LogP contribution in [0.3, 0.4) is 0 Å². The second-order valence-corrected chi connectivity index (χ2v) is 1.61. The van der Waals surface area contributed by atoms with Gasteiger partial charge in [-0.1, -0.05) is 18.7 Å². The van der Waals surface area contributed by atoms with E-state index in [0.29, 0.717) is 0 Å². The minimum atomic E-state index is 1.03. The van der Waals surface area contributed by atoms with E-state index in [9.17, 15) is 0 Å². The minimum absolute atomic E-state index is 1.03. The van der Waals surface area contributed by atoms with Crippen LogP contribution in [0.25, 0.3) is 0 Å². The summed E-state index contributed by atoms with van der Waals surface area (Å²) >= 11 is 0. The van der Waals surface area contributed by atoms with Crippen molar-refractivity contribution in [2.24, 2.45) is 0 Å². The molecule has 0 aromatic heterocycles. The van der Waals surface area contributed by atoms with Crippen LogP contribution in [0.4, 0.5) is 0 Å². The molecule has 0 aliphatic rings. The van der Waals surface area contributed by atoms with E-state index < -0.39 is 0 Å². The van der Waals surface area contributed by atoms with Crippen LogP contribution >= 0.6 is 0 Å². The number of hydrogen-bond acceptors (Lipinski definition) is 2. The van der Waals surface area contributed by atoms with Gasteiger partial charge in [0.25, 0.3) is 0 Å². The first-order valence-electron chi connectivity index (χ1n) is 2.66. The molecule has 50 valence electrons. The number of allylic oxidation sites excluding steroid dienone is 4. The van der Waals surface area contributed by atoms with Crippen LogP contribution in [0.2, 0.25) is 0 Å². The second kappa shape index (κ2) is 5.12. The van der Waals surface area contributed by atoms with Crippen molar-refractivity contribution in [3.05, 3.63) is 36.6 Å². The number of nitrogens with one attached hydrogen (secondary N) is 1. The second-order valence-electron chi connectivity index (χ2n) is 1.61. The Bertz CT molecular complexity index is 136. The predicted octanol–water partition coefficient (Wildman–Crippen LogP) is 1.61. The van der Waals surface area contributed by atoms with E-state index in [1.807, 2.05) is 18.5 Å². The van der Waals surface area contributed by atoms with Gasteiger partial charge >= 0.3 is 0 Å². The maximum Gasteiger partial charge on any atom is 0.0243 e. The Morgan fingerprint density at radius 3 is 2.78 bits per heavy atom. The number of rotatable bonds is 3. The lowest BCUT2D eigenvalue weighted by Gasteiger charge is -1.86. The van der Waals surface area contributed by atoms with Gasteiger partial charge < -0.3 is 0 Å². The van der Waals surface area contributed by atoms with Crippen molar-refractivity contribution in [1.29, 1.82) is 0 Å². The third-order valence-electron chi connectivity index (χ3n) is 0.802. The summed E-state index contributed by atoms with van der Waals surface area (Å²) in [4.78, 5) is 0. The third kappa shape index (κ3) is 4.84. The van der Waals surface area contributed by atoms with E-state index in [-0.39, 0.29) is 0 Å². The minimum Gasteiger partial charge on any atom is -0.292 e. The van der Waals surface area contributed by atoms with Crippen molar-refractivity contribution in [1.82, 2.24) is 5.48 Å². The fraction of sp³-hybridized carbons (Fsp3) is 0.143. The SMILES string of the molecule is C=C/C=C(C)\C=C/NO. The van der Waals surface area contributed by atoms with Crippen LogP contribution in [-0.2, 0) is 0 Å². The summed E-state index contributed by atoms with van der Waals surface area (Å²) in [5, 5.41) is 8.09. The largest absolute Gasteiger partial charge is 0.292 e. The van der Waals surface area contributed by atoms with Crippen molar-refractivity contribution < 1.29 is 5.21 Å². The molecule has 0 aliphatic carbocycles. The van der Waals surface area contributed by atoms with Crippen LogP contribution in [0.5, 0.6) is 0 Å². The standard InChI is InChI=1S/C7H11NO/c1-3-4-7(2)5-6-8-9/h3-6,8-9H,1H2,2H3/b6-5-,7-4-. The zero-order valence-electron chi connectivity index (χ0n) is 5.46. The summed E-state index contributed by atoms with van der Waals surface area (Å²) in [6, 6.07) is 0. The van der Waals surface area contributed by atoms with Gasteiger partial charge in [-0.15, -0.1) is 0 Å². The van der Waals surface area contributed by atoms with Crippen molar-refractivity contribution in [3.63, 3.8) is 0 Å². The molecule has 0 aliphatic heterocycles. The lowest BCUT2D eigenvalue weighted by Crippen LogP contribution is -1.92. The third-order valence-corrected chi connectivity index (χ3v) is 0.802. The van der Waals surface area contributed by atoms with Gasteiger partial charge in [-0.2, -0.15) is 0 Å². The summed E-state index contributed by atoms with van der Waals surface area (Å²) in [7, 11) is 0. The molecule has 0 spiro atoms. The fourth-order valence-electron chi connectivity index (χ4n) is 0.410. The van der Waals surface area contributed by atoms with E-state index in [0.717, 1.165) is 5.57 Å². The van der Waals surface area contributed by atoms with Crippen LogP contribution in [-0.4, -0.2) is 5.21 Å². The highest BCUT2D eigenvalue weighted by molar-refractivity contribution is 5.19. The Kier molecular flexibility index (Phi) is 4.54. The summed E-state index contributed by atoms with van der Waals surface area (Å²) in [5.41, 5.74) is 2.94. The fourth-order valence-corrected chi connectivity index (χ4v) is 0.410. The van der Waals surface area contributed by atoms with Gasteiger partial charge in [0, 0.05) is 6.20 Å². The quantitative estimate of drug-likeness (QED) is 0.443. The van der Waals surface area contributed by atoms with Crippen LogP contribution < -0.4 is 5.48 Å². The van der Waals surface area contributed by atoms with Gasteiger partial charge in [-0.25, -0.2) is 0 Å². The molecular formula is C7H11NO. The summed E-state index contributed by atoms with van der Waals surface area (Å²) < 4.78 is 0. The number of hydroxylamine groups is 1. The summed E-state index contributed by atoms with van der Waals surface area (Å²) in [5.74, 6) is 0. The molecule has 0 aromatic carbocycles. The monoisotopic (exact) mass is 125 g/mol. The highest BCUT2D eigenvalue weighted by Crippen LogP contribution is 1.92. The van der Waals surface area contributed by atoms with Crippen LogP contribution in [0.15, 0.2) is 36.6 Å². The van der Waals surface area contributed by atoms with Gasteiger partial charge in [0.15, 0.2) is 0 Å². The smallest absolute Gasteiger partial charge is 0.0243 e. The molecule has 0 radical (unpaired) electrons. The van der Waals surface area contributed by atoms with Gasteiger partial charge in [0.1, 0.15) is 0 Å². The Labute approximate surface area is 55.2 Å². The first-order chi connectivity index (χ1) is 4.31. The molecule has 0 fully saturated rings. The normalized spacial score (nSPS) is 12.0. The Balaban J connectivity index is 3.74. The Hall–Kier alpha value is -1.02. The van der Waals surface area contributed by atoms with E-state index in [4.69, 9.17) is 5.21 Å². The molecule has 0 saturated heterocycles. The Morgan fingerprint density at radius 2 is 2.33 bits per heavy atom. The molecule has 2 N–H and O–H groups in total. The van der Waals surface area contributed by atoms with Crippen LogP contribution in [0.1, 0.15) is 6.92 Å². The van der Waals surface area contributed by atoms with Crippen molar-refractivity contribution in [3.8, 4) is 0 Å². The topological polar surface area (TPSA) is 32.3 Å². The predicted molar refractivity (Wildman–Crippen MR) is 38.0 cm³/mol. The maximum absolute atomic E-state index is 8.09. The van der Waals surface area contributed by atoms with E-state index in [1.165, 1.54) is 6.20 Å². The molecule has 0 saturated carbocycles. The summed E-state index contributed by atoms with van der Waals surface area (Å²) in [6.45, 7) is 5.43. The van der Waals surface area contributed by atoms with Gasteiger partial charge in [0.2, 0.25) is 0 Å². The highest BCUT2D eigenvalue weighted by Gasteiger charge is 1.73. The molecule has 0 amide bonds. The lowest BCUT2D eigenvalue weighted by atomic mass is 10.3. The maximum atomic E-state index is 8.09. The number of hydrogen-bond donors (Lipinski definition) is 2. The zero-order chi connectivity index (χ0) is 7.11. The molecule has 0 atom stereocenters.